The molecule has 11 rings (SSSR count). The Morgan fingerprint density at radius 1 is 0.321 bits per heavy atom. The van der Waals surface area contributed by atoms with Crippen LogP contribution >= 0.6 is 0 Å². The zero-order chi connectivity index (χ0) is 37.0. The predicted octanol–water partition coefficient (Wildman–Crippen LogP) is 12.1. The van der Waals surface area contributed by atoms with E-state index in [-0.39, 0.29) is 0 Å². The van der Waals surface area contributed by atoms with Gasteiger partial charge in [-0.2, -0.15) is 0 Å². The quantitative estimate of drug-likeness (QED) is 0.172. The average molecular weight is 717 g/mol. The highest BCUT2D eigenvalue weighted by molar-refractivity contribution is 6.10. The third kappa shape index (κ3) is 5.27. The van der Waals surface area contributed by atoms with E-state index in [4.69, 9.17) is 9.97 Å². The van der Waals surface area contributed by atoms with Crippen molar-refractivity contribution in [2.75, 3.05) is 0 Å². The smallest absolute Gasteiger partial charge is 0.0899 e. The van der Waals surface area contributed by atoms with Crippen LogP contribution in [0.15, 0.2) is 195 Å². The Labute approximate surface area is 322 Å². The van der Waals surface area contributed by atoms with Gasteiger partial charge in [-0.15, -0.1) is 0 Å². The molecule has 6 heteroatoms. The highest BCUT2D eigenvalue weighted by atomic mass is 15.0. The standard InChI is InChI=1S/C50H32N6/c1-2-10-33(11-3-1)35-26-36(28-39(27-35)56-48-16-7-5-13-41(48)43-32-52-25-22-50(43)56)37-29-45(54-46(30-37)44-14-8-9-23-53-44)34-17-19-38(20-18-34)55-47-15-6-4-12-40(47)42-31-51-24-21-49(42)55/h1-32H. The summed E-state index contributed by atoms with van der Waals surface area (Å²) in [5, 5.41) is 4.62. The Morgan fingerprint density at radius 2 is 0.875 bits per heavy atom. The van der Waals surface area contributed by atoms with Crippen LogP contribution in [-0.4, -0.2) is 29.1 Å². The summed E-state index contributed by atoms with van der Waals surface area (Å²) in [4.78, 5) is 18.9. The summed E-state index contributed by atoms with van der Waals surface area (Å²) in [7, 11) is 0. The SMILES string of the molecule is c1ccc(-c2cc(-c3cc(-c4ccc(-n5c6ccccc6c6cnccc65)cc4)nc(-c4ccccn4)c3)cc(-n3c4ccccc4c4cnccc43)c2)cc1. The first-order valence-corrected chi connectivity index (χ1v) is 18.7. The lowest BCUT2D eigenvalue weighted by Gasteiger charge is -2.15. The molecule has 0 unspecified atom stereocenters. The maximum absolute atomic E-state index is 5.24. The van der Waals surface area contributed by atoms with Gasteiger partial charge in [-0.1, -0.05) is 84.9 Å². The number of benzene rings is 5. The molecule has 0 atom stereocenters. The molecular formula is C50H32N6. The number of nitrogens with zero attached hydrogens (tertiary/aromatic N) is 6. The lowest BCUT2D eigenvalue weighted by molar-refractivity contribution is 1.17. The molecule has 6 heterocycles. The van der Waals surface area contributed by atoms with Crippen molar-refractivity contribution in [2.24, 2.45) is 0 Å². The van der Waals surface area contributed by atoms with Crippen LogP contribution < -0.4 is 0 Å². The van der Waals surface area contributed by atoms with Crippen molar-refractivity contribution in [2.45, 2.75) is 0 Å². The largest absolute Gasteiger partial charge is 0.309 e. The number of fused-ring (bicyclic) bond motifs is 6. The molecule has 262 valence electrons. The number of rotatable bonds is 6. The molecule has 5 aromatic carbocycles. The molecule has 0 aliphatic carbocycles. The van der Waals surface area contributed by atoms with Crippen LogP contribution in [0.5, 0.6) is 0 Å². The van der Waals surface area contributed by atoms with Crippen LogP contribution in [0.3, 0.4) is 0 Å². The minimum Gasteiger partial charge on any atom is -0.309 e. The Bertz CT molecular complexity index is 3130. The van der Waals surface area contributed by atoms with E-state index >= 15 is 0 Å². The molecule has 0 aliphatic heterocycles. The van der Waals surface area contributed by atoms with Crippen molar-refractivity contribution in [3.8, 4) is 56.3 Å². The summed E-state index contributed by atoms with van der Waals surface area (Å²) in [5.41, 5.74) is 14.6. The molecule has 0 saturated carbocycles. The van der Waals surface area contributed by atoms with Crippen molar-refractivity contribution in [1.29, 1.82) is 0 Å². The van der Waals surface area contributed by atoms with Gasteiger partial charge >= 0.3 is 0 Å². The number of hydrogen-bond donors (Lipinski definition) is 0. The molecule has 0 spiro atoms. The van der Waals surface area contributed by atoms with Gasteiger partial charge in [0.15, 0.2) is 0 Å². The van der Waals surface area contributed by atoms with Crippen molar-refractivity contribution in [3.05, 3.63) is 195 Å². The first-order chi connectivity index (χ1) is 27.8. The van der Waals surface area contributed by atoms with E-state index < -0.39 is 0 Å². The summed E-state index contributed by atoms with van der Waals surface area (Å²) in [5.74, 6) is 0. The molecular weight excluding hydrogens is 685 g/mol. The number of pyridine rings is 4. The van der Waals surface area contributed by atoms with Crippen LogP contribution in [0.25, 0.3) is 99.9 Å². The monoisotopic (exact) mass is 716 g/mol. The third-order valence-electron chi connectivity index (χ3n) is 10.7. The first-order valence-electron chi connectivity index (χ1n) is 18.7. The molecule has 0 fully saturated rings. The molecule has 0 saturated heterocycles. The first kappa shape index (κ1) is 31.8. The predicted molar refractivity (Wildman–Crippen MR) is 228 cm³/mol. The summed E-state index contributed by atoms with van der Waals surface area (Å²) >= 11 is 0. The van der Waals surface area contributed by atoms with Gasteiger partial charge in [-0.05, 0) is 101 Å². The fourth-order valence-corrected chi connectivity index (χ4v) is 8.16. The van der Waals surface area contributed by atoms with Gasteiger partial charge in [-0.3, -0.25) is 15.0 Å². The van der Waals surface area contributed by atoms with Gasteiger partial charge in [0.05, 0.1) is 39.1 Å². The minimum absolute atomic E-state index is 0.812. The van der Waals surface area contributed by atoms with E-state index in [0.29, 0.717) is 0 Å². The number of hydrogen-bond acceptors (Lipinski definition) is 4. The maximum atomic E-state index is 5.24. The molecule has 0 bridgehead atoms. The number of para-hydroxylation sites is 2. The number of aromatic nitrogens is 6. The van der Waals surface area contributed by atoms with Crippen LogP contribution in [-0.2, 0) is 0 Å². The van der Waals surface area contributed by atoms with E-state index in [9.17, 15) is 0 Å². The van der Waals surface area contributed by atoms with Gasteiger partial charge < -0.3 is 9.13 Å². The van der Waals surface area contributed by atoms with Crippen LogP contribution in [0.2, 0.25) is 0 Å². The van der Waals surface area contributed by atoms with Gasteiger partial charge in [0.1, 0.15) is 0 Å². The van der Waals surface area contributed by atoms with Crippen LogP contribution in [0.1, 0.15) is 0 Å². The van der Waals surface area contributed by atoms with Crippen molar-refractivity contribution in [1.82, 2.24) is 29.1 Å². The Morgan fingerprint density at radius 3 is 1.54 bits per heavy atom. The Balaban J connectivity index is 1.11. The average Bonchev–Trinajstić information content (AvgIpc) is 3.80. The molecule has 0 radical (unpaired) electrons. The zero-order valence-corrected chi connectivity index (χ0v) is 30.2. The molecule has 6 nitrogen and oxygen atoms in total. The summed E-state index contributed by atoms with van der Waals surface area (Å²) in [6.45, 7) is 0. The maximum Gasteiger partial charge on any atom is 0.0899 e. The van der Waals surface area contributed by atoms with E-state index in [1.165, 1.54) is 10.8 Å². The van der Waals surface area contributed by atoms with Gasteiger partial charge in [0, 0.05) is 69.5 Å². The highest BCUT2D eigenvalue weighted by Gasteiger charge is 2.17. The molecule has 0 aliphatic rings. The van der Waals surface area contributed by atoms with Crippen molar-refractivity contribution in [3.63, 3.8) is 0 Å². The van der Waals surface area contributed by atoms with Crippen molar-refractivity contribution < 1.29 is 0 Å². The third-order valence-corrected chi connectivity index (χ3v) is 10.7. The van der Waals surface area contributed by atoms with Gasteiger partial charge in [0.25, 0.3) is 0 Å². The second-order valence-electron chi connectivity index (χ2n) is 14.0. The second-order valence-corrected chi connectivity index (χ2v) is 14.0. The lowest BCUT2D eigenvalue weighted by atomic mass is 9.96. The molecule has 0 N–H and O–H groups in total. The van der Waals surface area contributed by atoms with E-state index in [2.05, 4.69) is 165 Å². The molecule has 11 aromatic rings. The van der Waals surface area contributed by atoms with Crippen molar-refractivity contribution >= 4 is 43.6 Å². The van der Waals surface area contributed by atoms with Crippen LogP contribution in [0, 0.1) is 0 Å². The van der Waals surface area contributed by atoms with E-state index in [1.54, 1.807) is 0 Å². The fourth-order valence-electron chi connectivity index (χ4n) is 8.16. The summed E-state index contributed by atoms with van der Waals surface area (Å²) < 4.78 is 4.66. The van der Waals surface area contributed by atoms with Crippen LogP contribution in [0.4, 0.5) is 0 Å². The lowest BCUT2D eigenvalue weighted by Crippen LogP contribution is -1.97. The zero-order valence-electron chi connectivity index (χ0n) is 30.2. The van der Waals surface area contributed by atoms with Gasteiger partial charge in [0.2, 0.25) is 0 Å². The van der Waals surface area contributed by atoms with Gasteiger partial charge in [-0.25, -0.2) is 4.98 Å². The fraction of sp³-hybridized carbons (Fsp3) is 0. The topological polar surface area (TPSA) is 61.4 Å². The summed E-state index contributed by atoms with van der Waals surface area (Å²) in [6.07, 6.45) is 9.47. The second kappa shape index (κ2) is 13.0. The highest BCUT2D eigenvalue weighted by Crippen LogP contribution is 2.38. The van der Waals surface area contributed by atoms with E-state index in [0.717, 1.165) is 89.1 Å². The minimum atomic E-state index is 0.812. The molecule has 56 heavy (non-hydrogen) atoms. The summed E-state index contributed by atoms with van der Waals surface area (Å²) in [6, 6.07) is 57.8. The Kier molecular flexibility index (Phi) is 7.38. The van der Waals surface area contributed by atoms with E-state index in [1.807, 2.05) is 49.2 Å². The molecule has 6 aromatic heterocycles. The normalized spacial score (nSPS) is 11.6. The Hall–Kier alpha value is -7.70. The molecule has 0 amide bonds.